The molecule has 0 spiro atoms. The summed E-state index contributed by atoms with van der Waals surface area (Å²) in [6, 6.07) is 6.03. The van der Waals surface area contributed by atoms with Crippen molar-refractivity contribution in [2.24, 2.45) is 5.92 Å². The van der Waals surface area contributed by atoms with Gasteiger partial charge in [0.15, 0.2) is 5.82 Å². The quantitative estimate of drug-likeness (QED) is 0.775. The maximum atomic E-state index is 5.49. The molecule has 1 fully saturated rings. The van der Waals surface area contributed by atoms with Gasteiger partial charge in [-0.15, -0.1) is 0 Å². The van der Waals surface area contributed by atoms with Crippen molar-refractivity contribution in [3.63, 3.8) is 0 Å². The van der Waals surface area contributed by atoms with Crippen molar-refractivity contribution in [2.45, 2.75) is 32.4 Å². The van der Waals surface area contributed by atoms with Crippen LogP contribution in [0.25, 0.3) is 5.65 Å². The molecule has 0 bridgehead atoms. The minimum atomic E-state index is 0.0318. The maximum absolute atomic E-state index is 5.49. The normalized spacial score (nSPS) is 17.4. The van der Waals surface area contributed by atoms with E-state index in [2.05, 4.69) is 24.8 Å². The predicted octanol–water partition coefficient (Wildman–Crippen LogP) is 2.28. The number of fused-ring (bicyclic) bond motifs is 1. The SMILES string of the molecule is Cc1noc([C@H](NCc2cnc3ccccn23)C2CCOCC2)n1. The number of nitrogens with one attached hydrogen (secondary N) is 1. The van der Waals surface area contributed by atoms with E-state index >= 15 is 0 Å². The number of rotatable bonds is 5. The molecule has 4 heterocycles. The molecule has 0 saturated carbocycles. The Morgan fingerprint density at radius 2 is 2.21 bits per heavy atom. The van der Waals surface area contributed by atoms with Crippen LogP contribution in [0.2, 0.25) is 0 Å². The van der Waals surface area contributed by atoms with E-state index in [0.29, 0.717) is 24.2 Å². The summed E-state index contributed by atoms with van der Waals surface area (Å²) in [5, 5.41) is 7.55. The average Bonchev–Trinajstić information content (AvgIpc) is 3.23. The van der Waals surface area contributed by atoms with Crippen molar-refractivity contribution in [2.75, 3.05) is 13.2 Å². The lowest BCUT2D eigenvalue weighted by molar-refractivity contribution is 0.0485. The van der Waals surface area contributed by atoms with Crippen molar-refractivity contribution >= 4 is 5.65 Å². The van der Waals surface area contributed by atoms with Gasteiger partial charge in [0.05, 0.1) is 17.9 Å². The number of aryl methyl sites for hydroxylation is 1. The van der Waals surface area contributed by atoms with E-state index in [1.807, 2.05) is 37.5 Å². The molecule has 0 aliphatic carbocycles. The molecule has 1 N–H and O–H groups in total. The summed E-state index contributed by atoms with van der Waals surface area (Å²) in [5.41, 5.74) is 2.06. The fourth-order valence-electron chi connectivity index (χ4n) is 3.27. The van der Waals surface area contributed by atoms with E-state index in [4.69, 9.17) is 9.26 Å². The standard InChI is InChI=1S/C17H21N5O2/c1-12-20-17(24-21-12)16(13-5-8-23-9-6-13)19-11-14-10-18-15-4-2-3-7-22(14)15/h2-4,7,10,13,16,19H,5-6,8-9,11H2,1H3/t16-/m1/s1. The zero-order valence-electron chi connectivity index (χ0n) is 13.7. The van der Waals surface area contributed by atoms with E-state index in [1.165, 1.54) is 0 Å². The van der Waals surface area contributed by atoms with Gasteiger partial charge in [-0.25, -0.2) is 4.98 Å². The van der Waals surface area contributed by atoms with Gasteiger partial charge in [-0.1, -0.05) is 11.2 Å². The highest BCUT2D eigenvalue weighted by Gasteiger charge is 2.29. The van der Waals surface area contributed by atoms with E-state index < -0.39 is 0 Å². The maximum Gasteiger partial charge on any atom is 0.244 e. The first-order valence-corrected chi connectivity index (χ1v) is 8.33. The molecule has 0 aromatic carbocycles. The van der Waals surface area contributed by atoms with Crippen molar-refractivity contribution in [1.29, 1.82) is 0 Å². The minimum Gasteiger partial charge on any atom is -0.381 e. The number of ether oxygens (including phenoxy) is 1. The van der Waals surface area contributed by atoms with Crippen LogP contribution in [0.4, 0.5) is 0 Å². The monoisotopic (exact) mass is 327 g/mol. The smallest absolute Gasteiger partial charge is 0.244 e. The molecule has 1 aliphatic rings. The summed E-state index contributed by atoms with van der Waals surface area (Å²) in [6.07, 6.45) is 5.92. The zero-order valence-corrected chi connectivity index (χ0v) is 13.7. The summed E-state index contributed by atoms with van der Waals surface area (Å²) < 4.78 is 13.0. The molecule has 4 rings (SSSR count). The molecule has 1 saturated heterocycles. The van der Waals surface area contributed by atoms with Gasteiger partial charge in [0.25, 0.3) is 0 Å². The number of nitrogens with zero attached hydrogens (tertiary/aromatic N) is 4. The van der Waals surface area contributed by atoms with Gasteiger partial charge in [-0.3, -0.25) is 5.32 Å². The second kappa shape index (κ2) is 6.70. The summed E-state index contributed by atoms with van der Waals surface area (Å²) in [6.45, 7) is 4.10. The number of hydrogen-bond acceptors (Lipinski definition) is 6. The summed E-state index contributed by atoms with van der Waals surface area (Å²) in [4.78, 5) is 8.88. The van der Waals surface area contributed by atoms with Crippen LogP contribution in [0.15, 0.2) is 35.1 Å². The Morgan fingerprint density at radius 3 is 3.00 bits per heavy atom. The Balaban J connectivity index is 1.55. The molecule has 24 heavy (non-hydrogen) atoms. The molecule has 7 heteroatoms. The van der Waals surface area contributed by atoms with Gasteiger partial charge in [0, 0.05) is 26.0 Å². The lowest BCUT2D eigenvalue weighted by atomic mass is 9.91. The van der Waals surface area contributed by atoms with Crippen molar-refractivity contribution in [3.8, 4) is 0 Å². The Hall–Kier alpha value is -2.25. The molecular weight excluding hydrogens is 306 g/mol. The van der Waals surface area contributed by atoms with Crippen LogP contribution in [0.3, 0.4) is 0 Å². The first-order chi connectivity index (χ1) is 11.8. The Bertz CT molecular complexity index is 806. The first-order valence-electron chi connectivity index (χ1n) is 8.33. The van der Waals surface area contributed by atoms with Gasteiger partial charge in [-0.05, 0) is 37.8 Å². The summed E-state index contributed by atoms with van der Waals surface area (Å²) in [7, 11) is 0. The highest BCUT2D eigenvalue weighted by molar-refractivity contribution is 5.39. The molecule has 126 valence electrons. The topological polar surface area (TPSA) is 77.5 Å². The van der Waals surface area contributed by atoms with Gasteiger partial charge in [0.2, 0.25) is 5.89 Å². The molecule has 0 amide bonds. The Kier molecular flexibility index (Phi) is 4.27. The lowest BCUT2D eigenvalue weighted by Gasteiger charge is -2.28. The molecule has 7 nitrogen and oxygen atoms in total. The van der Waals surface area contributed by atoms with Gasteiger partial charge < -0.3 is 13.7 Å². The third-order valence-corrected chi connectivity index (χ3v) is 4.54. The van der Waals surface area contributed by atoms with E-state index in [0.717, 1.165) is 37.4 Å². The molecule has 0 unspecified atom stereocenters. The van der Waals surface area contributed by atoms with Gasteiger partial charge in [0.1, 0.15) is 5.65 Å². The fraction of sp³-hybridized carbons (Fsp3) is 0.471. The van der Waals surface area contributed by atoms with Crippen molar-refractivity contribution in [3.05, 3.63) is 48.0 Å². The molecule has 1 atom stereocenters. The van der Waals surface area contributed by atoms with E-state index in [-0.39, 0.29) is 6.04 Å². The highest BCUT2D eigenvalue weighted by atomic mass is 16.5. The third kappa shape index (κ3) is 3.05. The van der Waals surface area contributed by atoms with Crippen LogP contribution < -0.4 is 5.32 Å². The van der Waals surface area contributed by atoms with Crippen LogP contribution >= 0.6 is 0 Å². The van der Waals surface area contributed by atoms with Crippen molar-refractivity contribution in [1.82, 2.24) is 24.8 Å². The lowest BCUT2D eigenvalue weighted by Crippen LogP contribution is -2.32. The number of pyridine rings is 1. The van der Waals surface area contributed by atoms with Crippen LogP contribution in [0, 0.1) is 12.8 Å². The van der Waals surface area contributed by atoms with E-state index in [9.17, 15) is 0 Å². The summed E-state index contributed by atoms with van der Waals surface area (Å²) in [5.74, 6) is 1.75. The molecule has 0 radical (unpaired) electrons. The van der Waals surface area contributed by atoms with Crippen molar-refractivity contribution < 1.29 is 9.26 Å². The van der Waals surface area contributed by atoms with Crippen LogP contribution in [-0.2, 0) is 11.3 Å². The highest BCUT2D eigenvalue weighted by Crippen LogP contribution is 2.29. The minimum absolute atomic E-state index is 0.0318. The first kappa shape index (κ1) is 15.3. The molecule has 1 aliphatic heterocycles. The van der Waals surface area contributed by atoms with E-state index in [1.54, 1.807) is 0 Å². The Morgan fingerprint density at radius 1 is 1.33 bits per heavy atom. The van der Waals surface area contributed by atoms with Crippen LogP contribution in [-0.4, -0.2) is 32.7 Å². The predicted molar refractivity (Wildman–Crippen MR) is 87.4 cm³/mol. The second-order valence-corrected chi connectivity index (χ2v) is 6.17. The zero-order chi connectivity index (χ0) is 16.4. The van der Waals surface area contributed by atoms with Gasteiger partial charge in [-0.2, -0.15) is 4.98 Å². The Labute approximate surface area is 140 Å². The molecule has 3 aromatic rings. The molecular formula is C17H21N5O2. The number of aromatic nitrogens is 4. The number of hydrogen-bond donors (Lipinski definition) is 1. The summed E-state index contributed by atoms with van der Waals surface area (Å²) >= 11 is 0. The van der Waals surface area contributed by atoms with Crippen LogP contribution in [0.5, 0.6) is 0 Å². The van der Waals surface area contributed by atoms with Crippen LogP contribution in [0.1, 0.15) is 36.3 Å². The average molecular weight is 327 g/mol. The third-order valence-electron chi connectivity index (χ3n) is 4.54. The van der Waals surface area contributed by atoms with Gasteiger partial charge >= 0.3 is 0 Å². The second-order valence-electron chi connectivity index (χ2n) is 6.17. The number of imidazole rings is 1. The largest absolute Gasteiger partial charge is 0.381 e. The fourth-order valence-corrected chi connectivity index (χ4v) is 3.27. The molecule has 3 aromatic heterocycles.